The molecule has 0 radical (unpaired) electrons. The fraction of sp³-hybridized carbons (Fsp3) is 0.333. The maximum Gasteiger partial charge on any atom is 0.387 e. The van der Waals surface area contributed by atoms with Gasteiger partial charge in [0.1, 0.15) is 11.3 Å². The Morgan fingerprint density at radius 2 is 2.10 bits per heavy atom. The number of halogens is 2. The van der Waals surface area contributed by atoms with E-state index in [-0.39, 0.29) is 28.5 Å². The molecule has 0 spiro atoms. The van der Waals surface area contributed by atoms with Crippen molar-refractivity contribution in [2.45, 2.75) is 44.9 Å². The van der Waals surface area contributed by atoms with E-state index in [1.54, 1.807) is 10.7 Å². The van der Waals surface area contributed by atoms with Crippen LogP contribution < -0.4 is 15.2 Å². The number of carboxylic acid groups (broad SMARTS) is 1. The zero-order valence-corrected chi connectivity index (χ0v) is 15.8. The second-order valence-electron chi connectivity index (χ2n) is 7.76. The number of rotatable bonds is 3. The van der Waals surface area contributed by atoms with Gasteiger partial charge in [-0.1, -0.05) is 5.92 Å². The number of terminal acetylenes is 1. The topological polar surface area (TPSA) is 71.8 Å². The third-order valence-electron chi connectivity index (χ3n) is 5.60. The van der Waals surface area contributed by atoms with Gasteiger partial charge >= 0.3 is 12.6 Å². The van der Waals surface area contributed by atoms with Crippen molar-refractivity contribution in [3.05, 3.63) is 51.3 Å². The number of ether oxygens (including phenoxy) is 1. The largest absolute Gasteiger partial charge is 0.477 e. The molecule has 0 bridgehead atoms. The molecule has 1 saturated heterocycles. The molecular weight excluding hydrogens is 382 g/mol. The fourth-order valence-corrected chi connectivity index (χ4v) is 4.34. The first kappa shape index (κ1) is 19.0. The van der Waals surface area contributed by atoms with Gasteiger partial charge in [0.25, 0.3) is 0 Å². The minimum Gasteiger partial charge on any atom is -0.477 e. The minimum atomic E-state index is -3.05. The average Bonchev–Trinajstić information content (AvgIpc) is 2.96. The third kappa shape index (κ3) is 2.85. The summed E-state index contributed by atoms with van der Waals surface area (Å²) in [5.41, 5.74) is 0.581. The molecule has 1 aromatic heterocycles. The van der Waals surface area contributed by atoms with Crippen molar-refractivity contribution in [2.75, 3.05) is 5.01 Å². The molecule has 1 aromatic carbocycles. The molecule has 6 nitrogen and oxygen atoms in total. The molecule has 29 heavy (non-hydrogen) atoms. The van der Waals surface area contributed by atoms with Gasteiger partial charge in [-0.05, 0) is 44.4 Å². The summed E-state index contributed by atoms with van der Waals surface area (Å²) < 4.78 is 32.0. The Hall–Kier alpha value is -3.34. The van der Waals surface area contributed by atoms with E-state index >= 15 is 0 Å². The zero-order chi connectivity index (χ0) is 21.1. The Labute approximate surface area is 165 Å². The SMILES string of the molecule is C#Cc1cc2c(cc1OC(F)F)-c1cc(=O)c(C(=O)O)cn1N1[C@@H]2CCC1(C)C. The van der Waals surface area contributed by atoms with Crippen LogP contribution in [0.4, 0.5) is 8.78 Å². The summed E-state index contributed by atoms with van der Waals surface area (Å²) in [4.78, 5) is 23.9. The van der Waals surface area contributed by atoms with E-state index in [1.807, 2.05) is 18.9 Å². The lowest BCUT2D eigenvalue weighted by atomic mass is 9.92. The second kappa shape index (κ2) is 6.34. The molecule has 0 unspecified atom stereocenters. The van der Waals surface area contributed by atoms with Crippen LogP contribution in [-0.2, 0) is 0 Å². The highest BCUT2D eigenvalue weighted by atomic mass is 19.3. The highest BCUT2D eigenvalue weighted by Crippen LogP contribution is 2.49. The minimum absolute atomic E-state index is 0.149. The van der Waals surface area contributed by atoms with Crippen molar-refractivity contribution in [3.63, 3.8) is 0 Å². The summed E-state index contributed by atoms with van der Waals surface area (Å²) in [6.07, 6.45) is 8.38. The lowest BCUT2D eigenvalue weighted by molar-refractivity contribution is -0.0500. The van der Waals surface area contributed by atoms with Crippen LogP contribution in [-0.4, -0.2) is 27.9 Å². The van der Waals surface area contributed by atoms with Gasteiger partial charge in [-0.2, -0.15) is 8.78 Å². The normalized spacial score (nSPS) is 18.6. The van der Waals surface area contributed by atoms with Gasteiger partial charge in [-0.25, -0.2) is 4.79 Å². The second-order valence-corrected chi connectivity index (χ2v) is 7.76. The number of benzene rings is 1. The summed E-state index contributed by atoms with van der Waals surface area (Å²) in [6, 6.07) is 4.12. The van der Waals surface area contributed by atoms with Crippen LogP contribution >= 0.6 is 0 Å². The number of carbonyl (C=O) groups is 1. The van der Waals surface area contributed by atoms with Gasteiger partial charge in [0.2, 0.25) is 0 Å². The number of aromatic nitrogens is 1. The monoisotopic (exact) mass is 400 g/mol. The molecule has 0 saturated carbocycles. The van der Waals surface area contributed by atoms with Crippen LogP contribution in [0.25, 0.3) is 11.3 Å². The Morgan fingerprint density at radius 1 is 1.38 bits per heavy atom. The number of fused-ring (bicyclic) bond motifs is 6. The highest BCUT2D eigenvalue weighted by Gasteiger charge is 2.45. The average molecular weight is 400 g/mol. The van der Waals surface area contributed by atoms with Gasteiger partial charge in [0, 0.05) is 17.8 Å². The summed E-state index contributed by atoms with van der Waals surface area (Å²) in [6.45, 7) is 0.996. The van der Waals surface area contributed by atoms with E-state index in [9.17, 15) is 23.5 Å². The Kier molecular flexibility index (Phi) is 4.15. The molecule has 1 atom stereocenters. The molecule has 0 amide bonds. The number of pyridine rings is 1. The van der Waals surface area contributed by atoms with Gasteiger partial charge in [0.15, 0.2) is 5.43 Å². The van der Waals surface area contributed by atoms with E-state index < -0.39 is 18.0 Å². The molecule has 3 heterocycles. The Bertz CT molecular complexity index is 1130. The number of alkyl halides is 2. The predicted molar refractivity (Wildman–Crippen MR) is 102 cm³/mol. The van der Waals surface area contributed by atoms with Crippen molar-refractivity contribution < 1.29 is 23.4 Å². The molecule has 1 fully saturated rings. The van der Waals surface area contributed by atoms with Gasteiger partial charge in [0.05, 0.1) is 22.8 Å². The molecule has 2 aromatic rings. The third-order valence-corrected chi connectivity index (χ3v) is 5.60. The number of nitrogens with zero attached hydrogens (tertiary/aromatic N) is 2. The summed E-state index contributed by atoms with van der Waals surface area (Å²) >= 11 is 0. The first-order valence-corrected chi connectivity index (χ1v) is 9.03. The van der Waals surface area contributed by atoms with E-state index in [0.717, 1.165) is 18.4 Å². The molecule has 150 valence electrons. The van der Waals surface area contributed by atoms with Gasteiger partial charge in [-0.15, -0.1) is 6.42 Å². The molecule has 4 rings (SSSR count). The van der Waals surface area contributed by atoms with Crippen LogP contribution in [0.3, 0.4) is 0 Å². The molecular formula is C21H18F2N2O4. The number of carboxylic acids is 1. The first-order valence-electron chi connectivity index (χ1n) is 9.03. The lowest BCUT2D eigenvalue weighted by Crippen LogP contribution is -2.50. The van der Waals surface area contributed by atoms with E-state index in [1.165, 1.54) is 18.3 Å². The van der Waals surface area contributed by atoms with Crippen molar-refractivity contribution in [2.24, 2.45) is 0 Å². The standard InChI is InChI=1S/C21H18F2N2O4/c1-4-11-7-12-13(8-18(11)29-20(22)23)16-9-17(26)14(19(27)28)10-24(16)25-15(12)5-6-21(25,2)3/h1,7-10,15,20H,5-6H2,2-3H3,(H,27,28)/t15-/m1/s1. The maximum absolute atomic E-state index is 12.9. The molecule has 8 heteroatoms. The predicted octanol–water partition coefficient (Wildman–Crippen LogP) is 3.36. The van der Waals surface area contributed by atoms with Gasteiger partial charge in [-0.3, -0.25) is 14.5 Å². The van der Waals surface area contributed by atoms with Crippen LogP contribution in [0.5, 0.6) is 5.75 Å². The molecule has 2 aliphatic heterocycles. The van der Waals surface area contributed by atoms with E-state index in [0.29, 0.717) is 11.3 Å². The van der Waals surface area contributed by atoms with Crippen molar-refractivity contribution in [1.82, 2.24) is 4.68 Å². The number of hydrogen-bond acceptors (Lipinski definition) is 4. The van der Waals surface area contributed by atoms with Crippen molar-refractivity contribution in [1.29, 1.82) is 0 Å². The molecule has 0 aliphatic carbocycles. The number of hydrogen-bond donors (Lipinski definition) is 1. The molecule has 2 aliphatic rings. The van der Waals surface area contributed by atoms with Crippen LogP contribution in [0.1, 0.15) is 54.2 Å². The molecule has 1 N–H and O–H groups in total. The van der Waals surface area contributed by atoms with Crippen LogP contribution in [0.15, 0.2) is 29.2 Å². The van der Waals surface area contributed by atoms with Crippen LogP contribution in [0.2, 0.25) is 0 Å². The van der Waals surface area contributed by atoms with Crippen LogP contribution in [0, 0.1) is 12.3 Å². The summed E-state index contributed by atoms with van der Waals surface area (Å²) in [7, 11) is 0. The maximum atomic E-state index is 12.9. The highest BCUT2D eigenvalue weighted by molar-refractivity contribution is 5.88. The zero-order valence-electron chi connectivity index (χ0n) is 15.8. The Balaban J connectivity index is 2.04. The fourth-order valence-electron chi connectivity index (χ4n) is 4.34. The number of aromatic carboxylic acids is 1. The summed E-state index contributed by atoms with van der Waals surface area (Å²) in [5.74, 6) is 0.904. The smallest absolute Gasteiger partial charge is 0.387 e. The Morgan fingerprint density at radius 3 is 2.72 bits per heavy atom. The van der Waals surface area contributed by atoms with Crippen molar-refractivity contribution in [3.8, 4) is 29.4 Å². The first-order chi connectivity index (χ1) is 13.6. The lowest BCUT2D eigenvalue weighted by Gasteiger charge is -2.44. The van der Waals surface area contributed by atoms with Gasteiger partial charge < -0.3 is 9.84 Å². The quantitative estimate of drug-likeness (QED) is 0.800. The van der Waals surface area contributed by atoms with Crippen molar-refractivity contribution >= 4 is 5.97 Å². The van der Waals surface area contributed by atoms with E-state index in [2.05, 4.69) is 10.7 Å². The van der Waals surface area contributed by atoms with E-state index in [4.69, 9.17) is 6.42 Å². The summed E-state index contributed by atoms with van der Waals surface area (Å²) in [5, 5.41) is 11.4.